The Labute approximate surface area is 564 Å². The predicted molar refractivity (Wildman–Crippen MR) is 352 cm³/mol. The monoisotopic (exact) mass is 1360 g/mol. The molecule has 0 spiro atoms. The van der Waals surface area contributed by atoms with Gasteiger partial charge in [0.05, 0.1) is 72.2 Å². The number of rotatable bonds is 66. The first-order valence-electron chi connectivity index (χ1n) is 35.5. The maximum atomic E-state index is 14.2. The van der Waals surface area contributed by atoms with E-state index in [1.54, 1.807) is 0 Å². The summed E-state index contributed by atoms with van der Waals surface area (Å²) in [5.74, 6) is -9.96. The van der Waals surface area contributed by atoms with Gasteiger partial charge in [-0.05, 0) is 50.4 Å². The van der Waals surface area contributed by atoms with Gasteiger partial charge >= 0.3 is 59.7 Å². The minimum absolute atomic E-state index is 0.0259. The van der Waals surface area contributed by atoms with Crippen LogP contribution >= 0.6 is 0 Å². The zero-order valence-corrected chi connectivity index (χ0v) is 57.9. The van der Waals surface area contributed by atoms with Crippen molar-refractivity contribution in [1.82, 2.24) is 14.7 Å². The molecular formula is C69H121N3O23. The topological polar surface area (TPSA) is 355 Å². The SMILES string of the molecule is CCCCCCCCCCCCCCCC(=O)OCC(COC(C)=O)(COC(=O)CCCCCCCCCCCCCCC)C(=O)OC[C@H]1CC[C@H](COCCOCCOCCOC(=O)CC(C(=O)O)N(CCN(CC(=O)O)CC(=O)O)CCN(CC(=O)O)CC(=O)O)CC1. The Morgan fingerprint density at radius 2 is 0.726 bits per heavy atom. The maximum absolute atomic E-state index is 14.2. The van der Waals surface area contributed by atoms with Crippen LogP contribution < -0.4 is 0 Å². The number of carbonyl (C=O) groups excluding carboxylic acids is 5. The van der Waals surface area contributed by atoms with Gasteiger partial charge < -0.3 is 63.4 Å². The number of hydrogen-bond donors (Lipinski definition) is 5. The van der Waals surface area contributed by atoms with Gasteiger partial charge in [-0.1, -0.05) is 168 Å². The lowest BCUT2D eigenvalue weighted by molar-refractivity contribution is -0.180. The number of ether oxygens (including phenoxy) is 8. The number of nitrogens with zero attached hydrogens (tertiary/aromatic N) is 3. The summed E-state index contributed by atoms with van der Waals surface area (Å²) in [6, 6.07) is -1.60. The van der Waals surface area contributed by atoms with Crippen molar-refractivity contribution in [3.63, 3.8) is 0 Å². The van der Waals surface area contributed by atoms with E-state index in [-0.39, 0.29) is 90.5 Å². The number of aliphatic carboxylic acids is 5. The van der Waals surface area contributed by atoms with Gasteiger partial charge in [0, 0.05) is 52.6 Å². The summed E-state index contributed by atoms with van der Waals surface area (Å²) >= 11 is 0. The Balaban J connectivity index is 2.68. The summed E-state index contributed by atoms with van der Waals surface area (Å²) in [6.07, 6.45) is 32.9. The molecule has 5 N–H and O–H groups in total. The van der Waals surface area contributed by atoms with E-state index in [0.29, 0.717) is 26.1 Å². The smallest absolute Gasteiger partial charge is 0.322 e. The summed E-state index contributed by atoms with van der Waals surface area (Å²) < 4.78 is 45.0. The summed E-state index contributed by atoms with van der Waals surface area (Å²) in [7, 11) is 0. The fourth-order valence-electron chi connectivity index (χ4n) is 11.3. The molecule has 95 heavy (non-hydrogen) atoms. The van der Waals surface area contributed by atoms with E-state index >= 15 is 0 Å². The molecule has 0 aromatic rings. The Morgan fingerprint density at radius 3 is 1.08 bits per heavy atom. The molecule has 550 valence electrons. The Bertz CT molecular complexity index is 1990. The second kappa shape index (κ2) is 57.5. The highest BCUT2D eigenvalue weighted by molar-refractivity contribution is 5.82. The lowest BCUT2D eigenvalue weighted by atomic mass is 9.83. The van der Waals surface area contributed by atoms with Gasteiger partial charge in [0.15, 0.2) is 5.41 Å². The lowest BCUT2D eigenvalue weighted by Crippen LogP contribution is -2.50. The highest BCUT2D eigenvalue weighted by Gasteiger charge is 2.45. The van der Waals surface area contributed by atoms with E-state index in [9.17, 15) is 73.5 Å². The zero-order valence-electron chi connectivity index (χ0n) is 57.9. The summed E-state index contributed by atoms with van der Waals surface area (Å²) in [5, 5.41) is 47.1. The van der Waals surface area contributed by atoms with Gasteiger partial charge in [-0.2, -0.15) is 0 Å². The first kappa shape index (κ1) is 87.5. The van der Waals surface area contributed by atoms with E-state index in [1.807, 2.05) is 0 Å². The third kappa shape index (κ3) is 49.6. The Hall–Kier alpha value is -5.54. The molecule has 1 rings (SSSR count). The number of esters is 5. The standard InChI is InChI=1S/C69H121N3O23/c1-4-6-8-10-12-14-16-18-20-22-24-26-28-30-64(82)94-54-69(53-93-56(3)73,55-95-65(83)31-29-27-25-23-21-19-17-15-13-11-9-7-5-2)68(87)92-52-58-34-32-57(33-35-58)51-90-43-42-88-40-41-89-44-45-91-66(84)46-59(67(85)86)72(38-36-70(47-60(74)75)48-61(76)77)39-37-71(49-62(78)79)50-63(80)81/h57-59H,4-55H2,1-3H3,(H,74,75)(H,76,77)(H,78,79)(H,80,81)(H,85,86)/t57-,58-,59?. The van der Waals surface area contributed by atoms with Crippen LogP contribution in [0, 0.1) is 17.3 Å². The van der Waals surface area contributed by atoms with Crippen molar-refractivity contribution in [1.29, 1.82) is 0 Å². The lowest BCUT2D eigenvalue weighted by Gasteiger charge is -2.32. The van der Waals surface area contributed by atoms with E-state index in [1.165, 1.54) is 127 Å². The molecule has 0 saturated heterocycles. The third-order valence-electron chi connectivity index (χ3n) is 16.9. The molecule has 1 saturated carbocycles. The van der Waals surface area contributed by atoms with Crippen LogP contribution in [0.3, 0.4) is 0 Å². The van der Waals surface area contributed by atoms with Crippen molar-refractivity contribution in [2.45, 2.75) is 239 Å². The van der Waals surface area contributed by atoms with Crippen LogP contribution in [0.25, 0.3) is 0 Å². The molecule has 0 amide bonds. The van der Waals surface area contributed by atoms with E-state index < -0.39 is 124 Å². The molecule has 0 aromatic heterocycles. The summed E-state index contributed by atoms with van der Waals surface area (Å²) in [5.41, 5.74) is -1.77. The largest absolute Gasteiger partial charge is 0.480 e. The molecule has 26 nitrogen and oxygen atoms in total. The quantitative estimate of drug-likeness (QED) is 0.0215. The van der Waals surface area contributed by atoms with Crippen LogP contribution in [0.2, 0.25) is 0 Å². The molecular weight excluding hydrogens is 1240 g/mol. The molecule has 0 radical (unpaired) electrons. The van der Waals surface area contributed by atoms with E-state index in [2.05, 4.69) is 13.8 Å². The number of unbranched alkanes of at least 4 members (excludes halogenated alkanes) is 24. The molecule has 1 atom stereocenters. The second-order valence-electron chi connectivity index (χ2n) is 25.5. The first-order chi connectivity index (χ1) is 45.7. The molecule has 0 heterocycles. The molecule has 1 aliphatic rings. The van der Waals surface area contributed by atoms with Crippen LogP contribution in [0.4, 0.5) is 0 Å². The highest BCUT2D eigenvalue weighted by atomic mass is 16.6. The first-order valence-corrected chi connectivity index (χ1v) is 35.5. The summed E-state index contributed by atoms with van der Waals surface area (Å²) in [4.78, 5) is 127. The molecule has 1 unspecified atom stereocenters. The van der Waals surface area contributed by atoms with Crippen LogP contribution in [0.15, 0.2) is 0 Å². The number of carboxylic acid groups (broad SMARTS) is 5. The molecule has 26 heteroatoms. The molecule has 0 bridgehead atoms. The molecule has 0 aliphatic heterocycles. The normalized spacial score (nSPS) is 14.4. The minimum atomic E-state index is -1.77. The Kier molecular flexibility index (Phi) is 53.0. The van der Waals surface area contributed by atoms with Crippen molar-refractivity contribution in [2.24, 2.45) is 17.3 Å². The van der Waals surface area contributed by atoms with Gasteiger partial charge in [0.25, 0.3) is 0 Å². The van der Waals surface area contributed by atoms with Crippen molar-refractivity contribution in [2.75, 3.05) is 125 Å². The second-order valence-corrected chi connectivity index (χ2v) is 25.5. The van der Waals surface area contributed by atoms with Crippen LogP contribution in [-0.4, -0.2) is 231 Å². The predicted octanol–water partition coefficient (Wildman–Crippen LogP) is 9.62. The Morgan fingerprint density at radius 1 is 0.389 bits per heavy atom. The van der Waals surface area contributed by atoms with Crippen LogP contribution in [0.1, 0.15) is 233 Å². The van der Waals surface area contributed by atoms with Gasteiger partial charge in [-0.25, -0.2) is 0 Å². The van der Waals surface area contributed by atoms with Crippen molar-refractivity contribution in [3.05, 3.63) is 0 Å². The van der Waals surface area contributed by atoms with E-state index in [4.69, 9.17) is 37.9 Å². The average Bonchev–Trinajstić information content (AvgIpc) is 0.899. The fraction of sp³-hybridized carbons (Fsp3) is 0.855. The maximum Gasteiger partial charge on any atom is 0.322 e. The third-order valence-corrected chi connectivity index (χ3v) is 16.9. The zero-order chi connectivity index (χ0) is 70.2. The van der Waals surface area contributed by atoms with Crippen molar-refractivity contribution >= 4 is 59.7 Å². The van der Waals surface area contributed by atoms with Gasteiger partial charge in [0.1, 0.15) is 32.5 Å². The average molecular weight is 1360 g/mol. The van der Waals surface area contributed by atoms with Crippen LogP contribution in [0.5, 0.6) is 0 Å². The number of carbonyl (C=O) groups is 10. The number of hydrogen-bond acceptors (Lipinski definition) is 21. The molecule has 1 fully saturated rings. The minimum Gasteiger partial charge on any atom is -0.480 e. The van der Waals surface area contributed by atoms with E-state index in [0.717, 1.165) is 74.0 Å². The number of carboxylic acids is 5. The van der Waals surface area contributed by atoms with Crippen molar-refractivity contribution < 1.29 is 111 Å². The van der Waals surface area contributed by atoms with Crippen molar-refractivity contribution in [3.8, 4) is 0 Å². The highest BCUT2D eigenvalue weighted by Crippen LogP contribution is 2.31. The van der Waals surface area contributed by atoms with Gasteiger partial charge in [0.2, 0.25) is 0 Å². The molecule has 1 aliphatic carbocycles. The summed E-state index contributed by atoms with van der Waals surface area (Å²) in [6.45, 7) is 1.42. The van der Waals surface area contributed by atoms with Crippen LogP contribution in [-0.2, 0) is 85.8 Å². The van der Waals surface area contributed by atoms with Gasteiger partial charge in [-0.3, -0.25) is 62.6 Å². The molecule has 0 aromatic carbocycles. The fourth-order valence-corrected chi connectivity index (χ4v) is 11.3. The van der Waals surface area contributed by atoms with Gasteiger partial charge in [-0.15, -0.1) is 0 Å².